The van der Waals surface area contributed by atoms with Crippen molar-refractivity contribution >= 4 is 11.5 Å². The molecule has 0 atom stereocenters. The van der Waals surface area contributed by atoms with Gasteiger partial charge in [-0.05, 0) is 25.0 Å². The van der Waals surface area contributed by atoms with Crippen molar-refractivity contribution in [2.45, 2.75) is 18.8 Å². The van der Waals surface area contributed by atoms with Gasteiger partial charge in [0.25, 0.3) is 5.56 Å². The van der Waals surface area contributed by atoms with E-state index in [0.717, 1.165) is 43.2 Å². The lowest BCUT2D eigenvalue weighted by molar-refractivity contribution is 0.386. The monoisotopic (exact) mass is 341 g/mol. The third-order valence-electron chi connectivity index (χ3n) is 4.60. The maximum Gasteiger partial charge on any atom is 0.266 e. The second-order valence-electron chi connectivity index (χ2n) is 6.12. The van der Waals surface area contributed by atoms with Crippen molar-refractivity contribution in [3.05, 3.63) is 40.4 Å². The van der Waals surface area contributed by atoms with E-state index >= 15 is 0 Å². The normalized spacial score (nSPS) is 15.7. The number of nitrogens with zero attached hydrogens (tertiary/aromatic N) is 7. The van der Waals surface area contributed by atoms with Crippen LogP contribution in [-0.2, 0) is 7.05 Å². The zero-order chi connectivity index (χ0) is 17.4. The van der Waals surface area contributed by atoms with Crippen LogP contribution in [0.3, 0.4) is 0 Å². The molecule has 3 aromatic rings. The molecular weight excluding hydrogens is 322 g/mol. The van der Waals surface area contributed by atoms with Gasteiger partial charge < -0.3 is 9.64 Å². The molecule has 0 saturated carbocycles. The molecule has 9 nitrogen and oxygen atoms in total. The van der Waals surface area contributed by atoms with Crippen molar-refractivity contribution in [2.75, 3.05) is 25.1 Å². The van der Waals surface area contributed by atoms with E-state index in [9.17, 15) is 4.79 Å². The van der Waals surface area contributed by atoms with Gasteiger partial charge in [-0.1, -0.05) is 0 Å². The number of anilines is 1. The Balaban J connectivity index is 1.53. The summed E-state index contributed by atoms with van der Waals surface area (Å²) in [6.45, 7) is 1.68. The summed E-state index contributed by atoms with van der Waals surface area (Å²) in [7, 11) is 3.26. The maximum absolute atomic E-state index is 11.5. The average Bonchev–Trinajstić information content (AvgIpc) is 3.07. The van der Waals surface area contributed by atoms with E-state index in [1.165, 1.54) is 4.68 Å². The Morgan fingerprint density at radius 2 is 1.88 bits per heavy atom. The molecule has 25 heavy (non-hydrogen) atoms. The molecule has 1 fully saturated rings. The summed E-state index contributed by atoms with van der Waals surface area (Å²) in [6.07, 6.45) is 1.84. The number of aryl methyl sites for hydroxylation is 1. The molecule has 0 aromatic carbocycles. The molecule has 130 valence electrons. The first-order valence-electron chi connectivity index (χ1n) is 8.21. The Hall–Kier alpha value is -2.97. The lowest BCUT2D eigenvalue weighted by Gasteiger charge is -2.31. The number of ether oxygens (including phenoxy) is 1. The molecule has 0 aliphatic carbocycles. The number of rotatable bonds is 3. The third-order valence-corrected chi connectivity index (χ3v) is 4.60. The molecular formula is C16H19N7O2. The van der Waals surface area contributed by atoms with Gasteiger partial charge in [0.2, 0.25) is 5.88 Å². The quantitative estimate of drug-likeness (QED) is 0.689. The van der Waals surface area contributed by atoms with Gasteiger partial charge in [0.05, 0.1) is 7.11 Å². The van der Waals surface area contributed by atoms with E-state index in [4.69, 9.17) is 4.74 Å². The lowest BCUT2D eigenvalue weighted by Crippen LogP contribution is -2.35. The van der Waals surface area contributed by atoms with Gasteiger partial charge in [0.15, 0.2) is 11.5 Å². The number of piperidine rings is 1. The molecule has 0 spiro atoms. The van der Waals surface area contributed by atoms with Crippen LogP contribution in [0.1, 0.15) is 24.6 Å². The van der Waals surface area contributed by atoms with Crippen LogP contribution in [-0.4, -0.2) is 49.8 Å². The van der Waals surface area contributed by atoms with Gasteiger partial charge in [0, 0.05) is 38.2 Å². The zero-order valence-electron chi connectivity index (χ0n) is 14.2. The highest BCUT2D eigenvalue weighted by atomic mass is 16.5. The number of hydrogen-bond donors (Lipinski definition) is 0. The molecule has 4 heterocycles. The molecule has 3 aromatic heterocycles. The fraction of sp³-hybridized carbons (Fsp3) is 0.438. The molecule has 4 rings (SSSR count). The van der Waals surface area contributed by atoms with Crippen LogP contribution in [0.5, 0.6) is 5.88 Å². The number of aromatic nitrogens is 6. The molecule has 1 aliphatic heterocycles. The molecule has 0 N–H and O–H groups in total. The van der Waals surface area contributed by atoms with E-state index in [-0.39, 0.29) is 11.5 Å². The summed E-state index contributed by atoms with van der Waals surface area (Å²) in [6, 6.07) is 6.96. The molecule has 9 heteroatoms. The highest BCUT2D eigenvalue weighted by molar-refractivity contribution is 5.39. The minimum Gasteiger partial charge on any atom is -0.480 e. The number of hydrogen-bond acceptors (Lipinski definition) is 7. The van der Waals surface area contributed by atoms with Crippen LogP contribution in [0.4, 0.5) is 5.82 Å². The van der Waals surface area contributed by atoms with Gasteiger partial charge in [-0.25, -0.2) is 4.68 Å². The van der Waals surface area contributed by atoms with E-state index in [1.54, 1.807) is 36.9 Å². The standard InChI is InChI=1S/C16H19N7O2/c1-21-15(24)6-4-13(19-21)22-9-7-11(8-10-22)16-18-17-12-3-5-14(25-2)20-23(12)16/h3-6,11H,7-10H2,1-2H3. The molecule has 0 bridgehead atoms. The Morgan fingerprint density at radius 3 is 2.60 bits per heavy atom. The van der Waals surface area contributed by atoms with Crippen LogP contribution in [0.25, 0.3) is 5.65 Å². The zero-order valence-corrected chi connectivity index (χ0v) is 14.2. The third kappa shape index (κ3) is 2.81. The van der Waals surface area contributed by atoms with Crippen molar-refractivity contribution in [2.24, 2.45) is 7.05 Å². The SMILES string of the molecule is COc1ccc2nnc(C3CCN(c4ccc(=O)n(C)n4)CC3)n2n1. The molecule has 1 saturated heterocycles. The summed E-state index contributed by atoms with van der Waals surface area (Å²) in [5.41, 5.74) is 0.617. The van der Waals surface area contributed by atoms with E-state index in [2.05, 4.69) is 25.3 Å². The summed E-state index contributed by atoms with van der Waals surface area (Å²) < 4.78 is 8.33. The van der Waals surface area contributed by atoms with Gasteiger partial charge in [0.1, 0.15) is 5.82 Å². The van der Waals surface area contributed by atoms with Crippen LogP contribution in [0, 0.1) is 0 Å². The lowest BCUT2D eigenvalue weighted by atomic mass is 9.96. The topological polar surface area (TPSA) is 90.4 Å². The van der Waals surface area contributed by atoms with Crippen LogP contribution < -0.4 is 15.2 Å². The molecule has 0 amide bonds. The summed E-state index contributed by atoms with van der Waals surface area (Å²) in [5, 5.41) is 17.3. The number of fused-ring (bicyclic) bond motifs is 1. The molecule has 0 radical (unpaired) electrons. The van der Waals surface area contributed by atoms with E-state index in [0.29, 0.717) is 5.88 Å². The first-order valence-corrected chi connectivity index (χ1v) is 8.21. The van der Waals surface area contributed by atoms with Crippen LogP contribution in [0.2, 0.25) is 0 Å². The fourth-order valence-electron chi connectivity index (χ4n) is 3.18. The second kappa shape index (κ2) is 6.15. The second-order valence-corrected chi connectivity index (χ2v) is 6.12. The summed E-state index contributed by atoms with van der Waals surface area (Å²) >= 11 is 0. The van der Waals surface area contributed by atoms with Crippen molar-refractivity contribution < 1.29 is 4.74 Å². The van der Waals surface area contributed by atoms with Crippen molar-refractivity contribution in [3.8, 4) is 5.88 Å². The Morgan fingerprint density at radius 1 is 1.08 bits per heavy atom. The Labute approximate surface area is 143 Å². The van der Waals surface area contributed by atoms with Crippen LogP contribution >= 0.6 is 0 Å². The Bertz CT molecular complexity index is 957. The highest BCUT2D eigenvalue weighted by Crippen LogP contribution is 2.28. The van der Waals surface area contributed by atoms with Crippen molar-refractivity contribution in [1.82, 2.24) is 29.6 Å². The van der Waals surface area contributed by atoms with Gasteiger partial charge in [-0.2, -0.15) is 9.61 Å². The minimum absolute atomic E-state index is 0.103. The van der Waals surface area contributed by atoms with Crippen molar-refractivity contribution in [3.63, 3.8) is 0 Å². The fourth-order valence-corrected chi connectivity index (χ4v) is 3.18. The largest absolute Gasteiger partial charge is 0.480 e. The predicted octanol–water partition coefficient (Wildman–Crippen LogP) is 0.611. The first kappa shape index (κ1) is 15.6. The van der Waals surface area contributed by atoms with Gasteiger partial charge >= 0.3 is 0 Å². The summed E-state index contributed by atoms with van der Waals surface area (Å²) in [4.78, 5) is 13.7. The average molecular weight is 341 g/mol. The molecule has 1 aliphatic rings. The Kier molecular flexibility index (Phi) is 3.83. The summed E-state index contributed by atoms with van der Waals surface area (Å²) in [5.74, 6) is 2.51. The maximum atomic E-state index is 11.5. The smallest absolute Gasteiger partial charge is 0.266 e. The van der Waals surface area contributed by atoms with Gasteiger partial charge in [-0.3, -0.25) is 4.79 Å². The number of methoxy groups -OCH3 is 1. The van der Waals surface area contributed by atoms with E-state index in [1.807, 2.05) is 6.07 Å². The van der Waals surface area contributed by atoms with E-state index < -0.39 is 0 Å². The highest BCUT2D eigenvalue weighted by Gasteiger charge is 2.26. The van der Waals surface area contributed by atoms with Crippen molar-refractivity contribution in [1.29, 1.82) is 0 Å². The minimum atomic E-state index is -0.103. The van der Waals surface area contributed by atoms with Gasteiger partial charge in [-0.15, -0.1) is 15.3 Å². The first-order chi connectivity index (χ1) is 12.2. The van der Waals surface area contributed by atoms with Crippen LogP contribution in [0.15, 0.2) is 29.1 Å². The predicted molar refractivity (Wildman–Crippen MR) is 91.0 cm³/mol. The molecule has 0 unspecified atom stereocenters.